The Balaban J connectivity index is 1.59. The SMILES string of the molecule is COCC(=O)Nc1ccc(NC(=O)c2ccc(S(=O)(=O)NCc3cccs3)cc2)cc1. The summed E-state index contributed by atoms with van der Waals surface area (Å²) in [7, 11) is -2.24. The van der Waals surface area contributed by atoms with Crippen molar-refractivity contribution in [2.45, 2.75) is 11.4 Å². The van der Waals surface area contributed by atoms with Crippen LogP contribution in [0.2, 0.25) is 0 Å². The highest BCUT2D eigenvalue weighted by Gasteiger charge is 2.15. The van der Waals surface area contributed by atoms with Gasteiger partial charge in [-0.3, -0.25) is 9.59 Å². The van der Waals surface area contributed by atoms with E-state index in [-0.39, 0.29) is 29.9 Å². The molecule has 0 radical (unpaired) electrons. The monoisotopic (exact) mass is 459 g/mol. The fourth-order valence-electron chi connectivity index (χ4n) is 2.62. The fourth-order valence-corrected chi connectivity index (χ4v) is 4.36. The van der Waals surface area contributed by atoms with Gasteiger partial charge in [0.2, 0.25) is 15.9 Å². The highest BCUT2D eigenvalue weighted by molar-refractivity contribution is 7.89. The number of hydrogen-bond acceptors (Lipinski definition) is 6. The molecule has 0 fully saturated rings. The van der Waals surface area contributed by atoms with Crippen molar-refractivity contribution < 1.29 is 22.7 Å². The second-order valence-electron chi connectivity index (χ2n) is 6.44. The van der Waals surface area contributed by atoms with Crippen LogP contribution in [0.25, 0.3) is 0 Å². The molecule has 10 heteroatoms. The van der Waals surface area contributed by atoms with E-state index in [0.717, 1.165) is 4.88 Å². The minimum Gasteiger partial charge on any atom is -0.375 e. The molecular weight excluding hydrogens is 438 g/mol. The molecule has 2 amide bonds. The van der Waals surface area contributed by atoms with Crippen LogP contribution in [0, 0.1) is 0 Å². The maximum atomic E-state index is 12.4. The number of amides is 2. The number of nitrogens with one attached hydrogen (secondary N) is 3. The number of carbonyl (C=O) groups is 2. The predicted octanol–water partition coefficient (Wildman–Crippen LogP) is 3.06. The summed E-state index contributed by atoms with van der Waals surface area (Å²) < 4.78 is 32.1. The van der Waals surface area contributed by atoms with Crippen LogP contribution in [0.4, 0.5) is 11.4 Å². The molecule has 1 aromatic heterocycles. The molecule has 1 heterocycles. The summed E-state index contributed by atoms with van der Waals surface area (Å²) in [5, 5.41) is 7.26. The van der Waals surface area contributed by atoms with Crippen LogP contribution in [0.3, 0.4) is 0 Å². The molecule has 0 aliphatic rings. The molecule has 0 aliphatic carbocycles. The summed E-state index contributed by atoms with van der Waals surface area (Å²) in [5.41, 5.74) is 1.42. The molecular formula is C21H21N3O5S2. The van der Waals surface area contributed by atoms with Crippen molar-refractivity contribution in [3.8, 4) is 0 Å². The number of rotatable bonds is 9. The number of ether oxygens (including phenoxy) is 1. The maximum absolute atomic E-state index is 12.4. The lowest BCUT2D eigenvalue weighted by atomic mass is 10.2. The van der Waals surface area contributed by atoms with E-state index < -0.39 is 10.0 Å². The number of anilines is 2. The number of thiophene rings is 1. The van der Waals surface area contributed by atoms with Gasteiger partial charge in [-0.15, -0.1) is 11.3 Å². The third kappa shape index (κ3) is 6.46. The van der Waals surface area contributed by atoms with E-state index in [1.54, 1.807) is 24.3 Å². The molecule has 162 valence electrons. The Labute approximate surface area is 184 Å². The van der Waals surface area contributed by atoms with Crippen LogP contribution in [0.15, 0.2) is 70.9 Å². The van der Waals surface area contributed by atoms with Gasteiger partial charge in [-0.2, -0.15) is 0 Å². The standard InChI is InChI=1S/C21H21N3O5S2/c1-29-14-20(25)23-16-6-8-17(9-7-16)24-21(26)15-4-10-19(11-5-15)31(27,28)22-13-18-3-2-12-30-18/h2-12,22H,13-14H2,1H3,(H,23,25)(H,24,26). The zero-order valence-corrected chi connectivity index (χ0v) is 18.3. The summed E-state index contributed by atoms with van der Waals surface area (Å²) >= 11 is 1.47. The number of benzene rings is 2. The highest BCUT2D eigenvalue weighted by Crippen LogP contribution is 2.17. The first-order valence-corrected chi connectivity index (χ1v) is 11.6. The van der Waals surface area contributed by atoms with Gasteiger partial charge in [0.1, 0.15) is 6.61 Å². The van der Waals surface area contributed by atoms with E-state index in [0.29, 0.717) is 16.9 Å². The molecule has 3 N–H and O–H groups in total. The minimum atomic E-state index is -3.68. The van der Waals surface area contributed by atoms with Gasteiger partial charge in [-0.1, -0.05) is 6.07 Å². The molecule has 2 aromatic carbocycles. The normalized spacial score (nSPS) is 11.1. The molecule has 8 nitrogen and oxygen atoms in total. The minimum absolute atomic E-state index is 0.0479. The van der Waals surface area contributed by atoms with Crippen molar-refractivity contribution in [3.63, 3.8) is 0 Å². The number of carbonyl (C=O) groups excluding carboxylic acids is 2. The average Bonchev–Trinajstić information content (AvgIpc) is 3.28. The Bertz CT molecular complexity index is 1130. The van der Waals surface area contributed by atoms with E-state index in [2.05, 4.69) is 15.4 Å². The highest BCUT2D eigenvalue weighted by atomic mass is 32.2. The second-order valence-corrected chi connectivity index (χ2v) is 9.24. The Hall–Kier alpha value is -3.05. The quantitative estimate of drug-likeness (QED) is 0.455. The van der Waals surface area contributed by atoms with Gasteiger partial charge in [0.15, 0.2) is 0 Å². The lowest BCUT2D eigenvalue weighted by molar-refractivity contribution is -0.119. The average molecular weight is 460 g/mol. The van der Waals surface area contributed by atoms with Crippen molar-refractivity contribution in [1.29, 1.82) is 0 Å². The van der Waals surface area contributed by atoms with Crippen LogP contribution in [-0.4, -0.2) is 33.9 Å². The van der Waals surface area contributed by atoms with Gasteiger partial charge >= 0.3 is 0 Å². The number of sulfonamides is 1. The largest absolute Gasteiger partial charge is 0.375 e. The molecule has 0 unspecified atom stereocenters. The first-order chi connectivity index (χ1) is 14.9. The van der Waals surface area contributed by atoms with Gasteiger partial charge in [0.25, 0.3) is 5.91 Å². The summed E-state index contributed by atoms with van der Waals surface area (Å²) in [6.45, 7) is 0.165. The molecule has 0 saturated heterocycles. The van der Waals surface area contributed by atoms with Crippen molar-refractivity contribution in [2.24, 2.45) is 0 Å². The van der Waals surface area contributed by atoms with Gasteiger partial charge < -0.3 is 15.4 Å². The van der Waals surface area contributed by atoms with Crippen molar-refractivity contribution in [3.05, 3.63) is 76.5 Å². The summed E-state index contributed by atoms with van der Waals surface area (Å²) in [6, 6.07) is 16.0. The first kappa shape index (κ1) is 22.6. The van der Waals surface area contributed by atoms with Crippen molar-refractivity contribution in [2.75, 3.05) is 24.4 Å². The van der Waals surface area contributed by atoms with E-state index in [1.807, 2.05) is 17.5 Å². The molecule has 3 rings (SSSR count). The Kier molecular flexibility index (Phi) is 7.53. The molecule has 31 heavy (non-hydrogen) atoms. The third-order valence-corrected chi connectivity index (χ3v) is 6.44. The third-order valence-electron chi connectivity index (χ3n) is 4.15. The van der Waals surface area contributed by atoms with E-state index in [9.17, 15) is 18.0 Å². The fraction of sp³-hybridized carbons (Fsp3) is 0.143. The Morgan fingerprint density at radius 1 is 0.935 bits per heavy atom. The first-order valence-electron chi connectivity index (χ1n) is 9.20. The smallest absolute Gasteiger partial charge is 0.255 e. The summed E-state index contributed by atoms with van der Waals surface area (Å²) in [6.07, 6.45) is 0. The van der Waals surface area contributed by atoms with E-state index in [1.165, 1.54) is 42.7 Å². The van der Waals surface area contributed by atoms with Crippen LogP contribution < -0.4 is 15.4 Å². The Morgan fingerprint density at radius 2 is 1.58 bits per heavy atom. The van der Waals surface area contributed by atoms with Gasteiger partial charge in [0, 0.05) is 35.5 Å². The second kappa shape index (κ2) is 10.3. The molecule has 0 aliphatic heterocycles. The zero-order valence-electron chi connectivity index (χ0n) is 16.6. The van der Waals surface area contributed by atoms with Crippen LogP contribution >= 0.6 is 11.3 Å². The topological polar surface area (TPSA) is 114 Å². The van der Waals surface area contributed by atoms with Gasteiger partial charge in [-0.25, -0.2) is 13.1 Å². The lowest BCUT2D eigenvalue weighted by Gasteiger charge is -2.09. The molecule has 0 saturated carbocycles. The van der Waals surface area contributed by atoms with Crippen LogP contribution in [0.5, 0.6) is 0 Å². The number of methoxy groups -OCH3 is 1. The van der Waals surface area contributed by atoms with Gasteiger partial charge in [-0.05, 0) is 60.0 Å². The van der Waals surface area contributed by atoms with E-state index in [4.69, 9.17) is 4.74 Å². The zero-order chi connectivity index (χ0) is 22.3. The molecule has 0 bridgehead atoms. The van der Waals surface area contributed by atoms with Crippen LogP contribution in [-0.2, 0) is 26.1 Å². The summed E-state index contributed by atoms with van der Waals surface area (Å²) in [4.78, 5) is 24.9. The molecule has 0 atom stereocenters. The summed E-state index contributed by atoms with van der Waals surface area (Å²) in [5.74, 6) is -0.661. The molecule has 3 aromatic rings. The van der Waals surface area contributed by atoms with Crippen molar-refractivity contribution >= 4 is 44.5 Å². The molecule has 0 spiro atoms. The number of hydrogen-bond donors (Lipinski definition) is 3. The maximum Gasteiger partial charge on any atom is 0.255 e. The van der Waals surface area contributed by atoms with Crippen molar-refractivity contribution in [1.82, 2.24) is 4.72 Å². The van der Waals surface area contributed by atoms with E-state index >= 15 is 0 Å². The van der Waals surface area contributed by atoms with Gasteiger partial charge in [0.05, 0.1) is 4.90 Å². The Morgan fingerprint density at radius 3 is 2.16 bits per heavy atom. The van der Waals surface area contributed by atoms with Crippen LogP contribution in [0.1, 0.15) is 15.2 Å². The lowest BCUT2D eigenvalue weighted by Crippen LogP contribution is -2.23. The predicted molar refractivity (Wildman–Crippen MR) is 120 cm³/mol.